The van der Waals surface area contributed by atoms with Gasteiger partial charge >= 0.3 is 6.18 Å². The molecule has 0 radical (unpaired) electrons. The van der Waals surface area contributed by atoms with E-state index in [0.717, 1.165) is 12.5 Å². The Morgan fingerprint density at radius 1 is 1.30 bits per heavy atom. The van der Waals surface area contributed by atoms with Crippen molar-refractivity contribution in [3.8, 4) is 0 Å². The van der Waals surface area contributed by atoms with Gasteiger partial charge in [0.1, 0.15) is 5.82 Å². The van der Waals surface area contributed by atoms with Gasteiger partial charge in [-0.15, -0.1) is 0 Å². The minimum atomic E-state index is -4.95. The first kappa shape index (κ1) is 19.9. The van der Waals surface area contributed by atoms with Gasteiger partial charge in [0.05, 0.1) is 10.5 Å². The number of alkyl halides is 3. The van der Waals surface area contributed by atoms with Crippen LogP contribution in [0.15, 0.2) is 23.1 Å². The lowest BCUT2D eigenvalue weighted by Crippen LogP contribution is -2.37. The number of rotatable bonds is 7. The van der Waals surface area contributed by atoms with Crippen molar-refractivity contribution in [1.29, 1.82) is 0 Å². The summed E-state index contributed by atoms with van der Waals surface area (Å²) in [5.41, 5.74) is -1.60. The van der Waals surface area contributed by atoms with Crippen molar-refractivity contribution >= 4 is 10.0 Å². The summed E-state index contributed by atoms with van der Waals surface area (Å²) in [6.45, 7) is 4.41. The normalized spacial score (nSPS) is 14.3. The smallest absolute Gasteiger partial charge is 0.302 e. The maximum atomic E-state index is 13.2. The molecule has 0 aliphatic rings. The molecule has 0 amide bonds. The summed E-state index contributed by atoms with van der Waals surface area (Å²) in [6, 6.07) is 1.87. The molecule has 0 fully saturated rings. The Balaban J connectivity index is 2.85. The van der Waals surface area contributed by atoms with Crippen LogP contribution in [-0.4, -0.2) is 39.5 Å². The van der Waals surface area contributed by atoms with Crippen LogP contribution in [0.3, 0.4) is 0 Å². The topological polar surface area (TPSA) is 49.4 Å². The summed E-state index contributed by atoms with van der Waals surface area (Å²) in [5.74, 6) is -1.51. The van der Waals surface area contributed by atoms with Crippen LogP contribution in [0.5, 0.6) is 0 Å². The first-order valence-electron chi connectivity index (χ1n) is 7.05. The molecule has 23 heavy (non-hydrogen) atoms. The van der Waals surface area contributed by atoms with Gasteiger partial charge in [-0.25, -0.2) is 17.5 Å². The Hall–Kier alpha value is -1.19. The number of hydrogen-bond acceptors (Lipinski definition) is 3. The molecule has 132 valence electrons. The van der Waals surface area contributed by atoms with E-state index in [0.29, 0.717) is 18.7 Å². The second kappa shape index (κ2) is 7.59. The van der Waals surface area contributed by atoms with E-state index in [-0.39, 0.29) is 12.6 Å². The fourth-order valence-electron chi connectivity index (χ4n) is 1.86. The molecule has 0 heterocycles. The molecule has 1 N–H and O–H groups in total. The molecule has 0 spiro atoms. The Morgan fingerprint density at radius 3 is 2.43 bits per heavy atom. The fourth-order valence-corrected chi connectivity index (χ4v) is 2.91. The Bertz CT molecular complexity index is 632. The van der Waals surface area contributed by atoms with Crippen molar-refractivity contribution < 1.29 is 26.0 Å². The van der Waals surface area contributed by atoms with Crippen molar-refractivity contribution in [1.82, 2.24) is 9.62 Å². The molecule has 0 aliphatic carbocycles. The lowest BCUT2D eigenvalue weighted by atomic mass is 10.2. The van der Waals surface area contributed by atoms with Gasteiger partial charge in [0.25, 0.3) is 0 Å². The number of halogens is 4. The number of nitrogens with one attached hydrogen (secondary N) is 1. The van der Waals surface area contributed by atoms with Gasteiger partial charge in [-0.2, -0.15) is 13.2 Å². The molecule has 1 unspecified atom stereocenters. The standard InChI is InChI=1S/C14H20F4N2O2S/c1-4-10(2)20(3)8-7-19-23(21,22)11-5-6-13(15)12(9-11)14(16,17)18/h5-6,9-10,19H,4,7-8H2,1-3H3. The minimum Gasteiger partial charge on any atom is -0.302 e. The third-order valence-electron chi connectivity index (χ3n) is 3.65. The molecule has 0 saturated heterocycles. The highest BCUT2D eigenvalue weighted by molar-refractivity contribution is 7.89. The van der Waals surface area contributed by atoms with Gasteiger partial charge in [0, 0.05) is 19.1 Å². The lowest BCUT2D eigenvalue weighted by molar-refractivity contribution is -0.140. The second-order valence-electron chi connectivity index (χ2n) is 5.28. The van der Waals surface area contributed by atoms with E-state index in [9.17, 15) is 26.0 Å². The molecule has 1 aromatic rings. The SMILES string of the molecule is CCC(C)N(C)CCNS(=O)(=O)c1ccc(F)c(C(F)(F)F)c1. The van der Waals surface area contributed by atoms with E-state index in [4.69, 9.17) is 0 Å². The molecule has 1 rings (SSSR count). The van der Waals surface area contributed by atoms with E-state index in [1.165, 1.54) is 0 Å². The highest BCUT2D eigenvalue weighted by Gasteiger charge is 2.35. The second-order valence-corrected chi connectivity index (χ2v) is 7.04. The summed E-state index contributed by atoms with van der Waals surface area (Å²) in [6.07, 6.45) is -4.07. The van der Waals surface area contributed by atoms with Crippen molar-refractivity contribution in [2.75, 3.05) is 20.1 Å². The Morgan fingerprint density at radius 2 is 1.91 bits per heavy atom. The predicted octanol–water partition coefficient (Wildman–Crippen LogP) is 2.85. The van der Waals surface area contributed by atoms with Gasteiger partial charge in [0.15, 0.2) is 0 Å². The van der Waals surface area contributed by atoms with Crippen LogP contribution in [0.25, 0.3) is 0 Å². The summed E-state index contributed by atoms with van der Waals surface area (Å²) in [5, 5.41) is 0. The molecular formula is C14H20F4N2O2S. The average molecular weight is 356 g/mol. The maximum Gasteiger partial charge on any atom is 0.419 e. The van der Waals surface area contributed by atoms with Crippen LogP contribution < -0.4 is 4.72 Å². The van der Waals surface area contributed by atoms with Crippen LogP contribution in [0.2, 0.25) is 0 Å². The number of nitrogens with zero attached hydrogens (tertiary/aromatic N) is 1. The van der Waals surface area contributed by atoms with Gasteiger partial charge in [0.2, 0.25) is 10.0 Å². The van der Waals surface area contributed by atoms with Crippen LogP contribution in [-0.2, 0) is 16.2 Å². The van der Waals surface area contributed by atoms with E-state index in [1.807, 2.05) is 25.8 Å². The summed E-state index contributed by atoms with van der Waals surface area (Å²) in [7, 11) is -2.31. The minimum absolute atomic E-state index is 0.0436. The summed E-state index contributed by atoms with van der Waals surface area (Å²) >= 11 is 0. The molecule has 0 bridgehead atoms. The van der Waals surface area contributed by atoms with Crippen molar-refractivity contribution in [3.63, 3.8) is 0 Å². The first-order valence-corrected chi connectivity index (χ1v) is 8.54. The third kappa shape index (κ3) is 5.43. The molecular weight excluding hydrogens is 336 g/mol. The molecule has 4 nitrogen and oxygen atoms in total. The van der Waals surface area contributed by atoms with Gasteiger partial charge in [-0.3, -0.25) is 0 Å². The zero-order valence-corrected chi connectivity index (χ0v) is 13.9. The zero-order valence-electron chi connectivity index (χ0n) is 13.1. The van der Waals surface area contributed by atoms with E-state index in [2.05, 4.69) is 4.72 Å². The van der Waals surface area contributed by atoms with Crippen LogP contribution in [0.4, 0.5) is 17.6 Å². The fraction of sp³-hybridized carbons (Fsp3) is 0.571. The highest BCUT2D eigenvalue weighted by Crippen LogP contribution is 2.32. The van der Waals surface area contributed by atoms with E-state index >= 15 is 0 Å². The monoisotopic (exact) mass is 356 g/mol. The maximum absolute atomic E-state index is 13.2. The number of likely N-dealkylation sites (N-methyl/N-ethyl adjacent to an activating group) is 1. The van der Waals surface area contributed by atoms with Crippen LogP contribution in [0, 0.1) is 5.82 Å². The van der Waals surface area contributed by atoms with Gasteiger partial charge in [-0.1, -0.05) is 6.92 Å². The molecule has 9 heteroatoms. The Kier molecular flexibility index (Phi) is 6.55. The largest absolute Gasteiger partial charge is 0.419 e. The zero-order chi connectivity index (χ0) is 17.8. The van der Waals surface area contributed by atoms with Crippen LogP contribution >= 0.6 is 0 Å². The Labute approximate surface area is 133 Å². The average Bonchev–Trinajstić information content (AvgIpc) is 2.45. The van der Waals surface area contributed by atoms with E-state index < -0.39 is 32.5 Å². The van der Waals surface area contributed by atoms with E-state index in [1.54, 1.807) is 0 Å². The predicted molar refractivity (Wildman–Crippen MR) is 79.0 cm³/mol. The van der Waals surface area contributed by atoms with Crippen molar-refractivity contribution in [2.24, 2.45) is 0 Å². The molecule has 1 atom stereocenters. The van der Waals surface area contributed by atoms with Crippen molar-refractivity contribution in [2.45, 2.75) is 37.4 Å². The third-order valence-corrected chi connectivity index (χ3v) is 5.11. The molecule has 0 aromatic heterocycles. The van der Waals surface area contributed by atoms with Crippen molar-refractivity contribution in [3.05, 3.63) is 29.6 Å². The number of benzene rings is 1. The van der Waals surface area contributed by atoms with Gasteiger partial charge in [-0.05, 0) is 38.6 Å². The quantitative estimate of drug-likeness (QED) is 0.765. The molecule has 0 saturated carbocycles. The lowest BCUT2D eigenvalue weighted by Gasteiger charge is -2.23. The van der Waals surface area contributed by atoms with Gasteiger partial charge < -0.3 is 4.90 Å². The molecule has 0 aliphatic heterocycles. The summed E-state index contributed by atoms with van der Waals surface area (Å²) in [4.78, 5) is 1.31. The number of hydrogen-bond donors (Lipinski definition) is 1. The summed E-state index contributed by atoms with van der Waals surface area (Å²) < 4.78 is 77.4. The van der Waals surface area contributed by atoms with Crippen LogP contribution in [0.1, 0.15) is 25.8 Å². The highest BCUT2D eigenvalue weighted by atomic mass is 32.2. The molecule has 1 aromatic carbocycles. The number of sulfonamides is 1. The first-order chi connectivity index (χ1) is 10.5.